The van der Waals surface area contributed by atoms with E-state index in [4.69, 9.17) is 0 Å². The van der Waals surface area contributed by atoms with Crippen LogP contribution in [-0.2, 0) is 0 Å². The number of nitrogens with zero attached hydrogens (tertiary/aromatic N) is 2. The van der Waals surface area contributed by atoms with Crippen LogP contribution >= 0.6 is 11.3 Å². The van der Waals surface area contributed by atoms with Crippen molar-refractivity contribution in [2.24, 2.45) is 5.10 Å². The van der Waals surface area contributed by atoms with Crippen LogP contribution in [0.5, 0.6) is 0 Å². The molecule has 5 heteroatoms. The van der Waals surface area contributed by atoms with Gasteiger partial charge in [0.1, 0.15) is 0 Å². The molecular weight excluding hydrogens is 270 g/mol. The molecule has 0 radical (unpaired) electrons. The van der Waals surface area contributed by atoms with Gasteiger partial charge < -0.3 is 4.90 Å². The molecule has 3 rings (SSSR count). The van der Waals surface area contributed by atoms with Crippen molar-refractivity contribution in [3.8, 4) is 0 Å². The zero-order chi connectivity index (χ0) is 13.9. The predicted octanol–water partition coefficient (Wildman–Crippen LogP) is 2.71. The monoisotopic (exact) mass is 287 g/mol. The van der Waals surface area contributed by atoms with E-state index in [-0.39, 0.29) is 5.91 Å². The predicted molar refractivity (Wildman–Crippen MR) is 83.5 cm³/mol. The van der Waals surface area contributed by atoms with Crippen LogP contribution in [0.1, 0.15) is 23.2 Å². The first-order valence-electron chi connectivity index (χ1n) is 6.74. The molecule has 0 unspecified atom stereocenters. The van der Waals surface area contributed by atoms with Crippen LogP contribution in [0.15, 0.2) is 34.7 Å². The largest absolute Gasteiger partial charge is 0.306 e. The number of hydrazone groups is 1. The minimum Gasteiger partial charge on any atom is -0.306 e. The van der Waals surface area contributed by atoms with Crippen LogP contribution in [0.2, 0.25) is 0 Å². The highest BCUT2D eigenvalue weighted by atomic mass is 32.1. The Bertz CT molecular complexity index is 652. The van der Waals surface area contributed by atoms with E-state index in [0.29, 0.717) is 5.56 Å². The van der Waals surface area contributed by atoms with Crippen LogP contribution in [0.3, 0.4) is 0 Å². The lowest BCUT2D eigenvalue weighted by atomic mass is 10.1. The Hall–Kier alpha value is -1.72. The van der Waals surface area contributed by atoms with Crippen LogP contribution in [-0.4, -0.2) is 36.7 Å². The third-order valence-corrected chi connectivity index (χ3v) is 4.57. The summed E-state index contributed by atoms with van der Waals surface area (Å²) < 4.78 is 1.13. The molecule has 0 atom stereocenters. The van der Waals surface area contributed by atoms with E-state index < -0.39 is 0 Å². The zero-order valence-electron chi connectivity index (χ0n) is 11.4. The molecule has 1 fully saturated rings. The summed E-state index contributed by atoms with van der Waals surface area (Å²) in [6, 6.07) is 7.94. The van der Waals surface area contributed by atoms with E-state index in [1.165, 1.54) is 0 Å². The second-order valence-electron chi connectivity index (χ2n) is 5.07. The third kappa shape index (κ3) is 2.73. The summed E-state index contributed by atoms with van der Waals surface area (Å²) in [4.78, 5) is 14.5. The van der Waals surface area contributed by atoms with Crippen molar-refractivity contribution in [3.05, 3.63) is 35.2 Å². The van der Waals surface area contributed by atoms with Gasteiger partial charge in [0.15, 0.2) is 0 Å². The van der Waals surface area contributed by atoms with E-state index in [9.17, 15) is 4.79 Å². The molecule has 2 aromatic rings. The highest BCUT2D eigenvalue weighted by Gasteiger charge is 2.14. The summed E-state index contributed by atoms with van der Waals surface area (Å²) in [6.45, 7) is 2.02. The molecule has 0 bridgehead atoms. The number of piperidine rings is 1. The second-order valence-corrected chi connectivity index (χ2v) is 5.98. The van der Waals surface area contributed by atoms with Gasteiger partial charge in [-0.3, -0.25) is 4.79 Å². The number of amides is 1. The Kier molecular flexibility index (Phi) is 3.80. The Morgan fingerprint density at radius 1 is 1.30 bits per heavy atom. The topological polar surface area (TPSA) is 44.7 Å². The van der Waals surface area contributed by atoms with Gasteiger partial charge in [-0.2, -0.15) is 5.10 Å². The first kappa shape index (κ1) is 13.3. The average molecular weight is 287 g/mol. The number of hydrogen-bond acceptors (Lipinski definition) is 4. The van der Waals surface area contributed by atoms with Crippen molar-refractivity contribution in [2.75, 3.05) is 20.1 Å². The molecule has 2 heterocycles. The Labute approximate surface area is 122 Å². The van der Waals surface area contributed by atoms with Crippen molar-refractivity contribution >= 4 is 33.0 Å². The summed E-state index contributed by atoms with van der Waals surface area (Å²) in [5.41, 5.74) is 4.49. The maximum Gasteiger partial charge on any atom is 0.272 e. The van der Waals surface area contributed by atoms with E-state index in [2.05, 4.69) is 22.5 Å². The summed E-state index contributed by atoms with van der Waals surface area (Å²) in [6.07, 6.45) is 1.86. The van der Waals surface area contributed by atoms with Gasteiger partial charge >= 0.3 is 0 Å². The van der Waals surface area contributed by atoms with E-state index in [1.54, 1.807) is 11.3 Å². The van der Waals surface area contributed by atoms with Crippen molar-refractivity contribution in [1.82, 2.24) is 10.3 Å². The average Bonchev–Trinajstić information content (AvgIpc) is 2.90. The summed E-state index contributed by atoms with van der Waals surface area (Å²) in [5, 5.41) is 7.17. The van der Waals surface area contributed by atoms with E-state index >= 15 is 0 Å². The SMILES string of the molecule is CN1CCC(=NNC(=O)c2csc3ccccc23)CC1. The molecule has 0 spiro atoms. The van der Waals surface area contributed by atoms with Gasteiger partial charge in [0.05, 0.1) is 5.56 Å². The molecule has 1 aliphatic rings. The van der Waals surface area contributed by atoms with Crippen LogP contribution in [0.4, 0.5) is 0 Å². The molecule has 104 valence electrons. The van der Waals surface area contributed by atoms with Crippen molar-refractivity contribution in [1.29, 1.82) is 0 Å². The third-order valence-electron chi connectivity index (χ3n) is 3.61. The molecular formula is C15H17N3OS. The lowest BCUT2D eigenvalue weighted by Crippen LogP contribution is -2.31. The first-order valence-corrected chi connectivity index (χ1v) is 7.62. The van der Waals surface area contributed by atoms with Crippen molar-refractivity contribution in [3.63, 3.8) is 0 Å². The molecule has 0 saturated carbocycles. The quantitative estimate of drug-likeness (QED) is 0.863. The van der Waals surface area contributed by atoms with Crippen LogP contribution < -0.4 is 5.43 Å². The second kappa shape index (κ2) is 5.73. The molecule has 1 amide bonds. The lowest BCUT2D eigenvalue weighted by Gasteiger charge is -2.22. The zero-order valence-corrected chi connectivity index (χ0v) is 12.2. The molecule has 20 heavy (non-hydrogen) atoms. The summed E-state index contributed by atoms with van der Waals surface area (Å²) >= 11 is 1.59. The van der Waals surface area contributed by atoms with E-state index in [1.807, 2.05) is 29.6 Å². The van der Waals surface area contributed by atoms with Crippen LogP contribution in [0.25, 0.3) is 10.1 Å². The number of hydrogen-bond donors (Lipinski definition) is 1. The van der Waals surface area contributed by atoms with Gasteiger partial charge in [0, 0.05) is 47.1 Å². The lowest BCUT2D eigenvalue weighted by molar-refractivity contribution is 0.0956. The molecule has 4 nitrogen and oxygen atoms in total. The maximum absolute atomic E-state index is 12.2. The maximum atomic E-state index is 12.2. The minimum absolute atomic E-state index is 0.117. The Morgan fingerprint density at radius 3 is 2.85 bits per heavy atom. The smallest absolute Gasteiger partial charge is 0.272 e. The fourth-order valence-corrected chi connectivity index (χ4v) is 3.27. The number of rotatable bonds is 2. The van der Waals surface area contributed by atoms with Gasteiger partial charge in [-0.15, -0.1) is 11.3 Å². The standard InChI is InChI=1S/C15H17N3OS/c1-18-8-6-11(7-9-18)16-17-15(19)13-10-20-14-5-3-2-4-12(13)14/h2-5,10H,6-9H2,1H3,(H,17,19). The molecule has 1 aromatic carbocycles. The normalized spacial score (nSPS) is 16.4. The molecule has 1 N–H and O–H groups in total. The number of nitrogens with one attached hydrogen (secondary N) is 1. The number of thiophene rings is 1. The summed E-state index contributed by atoms with van der Waals surface area (Å²) in [5.74, 6) is -0.117. The minimum atomic E-state index is -0.117. The summed E-state index contributed by atoms with van der Waals surface area (Å²) in [7, 11) is 2.10. The van der Waals surface area contributed by atoms with Gasteiger partial charge in [-0.25, -0.2) is 5.43 Å². The van der Waals surface area contributed by atoms with Crippen molar-refractivity contribution in [2.45, 2.75) is 12.8 Å². The molecule has 1 saturated heterocycles. The number of likely N-dealkylation sites (tertiary alicyclic amines) is 1. The first-order chi connectivity index (χ1) is 9.74. The number of carbonyl (C=O) groups is 1. The number of carbonyl (C=O) groups excluding carboxylic acids is 1. The van der Waals surface area contributed by atoms with Crippen molar-refractivity contribution < 1.29 is 4.79 Å². The Morgan fingerprint density at radius 2 is 2.05 bits per heavy atom. The van der Waals surface area contributed by atoms with Gasteiger partial charge in [0.2, 0.25) is 0 Å². The van der Waals surface area contributed by atoms with Crippen LogP contribution in [0, 0.1) is 0 Å². The number of fused-ring (bicyclic) bond motifs is 1. The van der Waals surface area contributed by atoms with Gasteiger partial charge in [-0.1, -0.05) is 18.2 Å². The van der Waals surface area contributed by atoms with Gasteiger partial charge in [0.25, 0.3) is 5.91 Å². The molecule has 0 aliphatic carbocycles. The highest BCUT2D eigenvalue weighted by Crippen LogP contribution is 2.25. The number of benzene rings is 1. The fraction of sp³-hybridized carbons (Fsp3) is 0.333. The Balaban J connectivity index is 1.72. The van der Waals surface area contributed by atoms with Gasteiger partial charge in [-0.05, 0) is 13.1 Å². The molecule has 1 aromatic heterocycles. The highest BCUT2D eigenvalue weighted by molar-refractivity contribution is 7.17. The van der Waals surface area contributed by atoms with E-state index in [0.717, 1.165) is 41.7 Å². The fourth-order valence-electron chi connectivity index (χ4n) is 2.33. The molecule has 1 aliphatic heterocycles.